The van der Waals surface area contributed by atoms with E-state index >= 15 is 4.39 Å². The van der Waals surface area contributed by atoms with Crippen molar-refractivity contribution in [2.24, 2.45) is 5.41 Å². The highest BCUT2D eigenvalue weighted by Crippen LogP contribution is 2.40. The Labute approximate surface area is 246 Å². The van der Waals surface area contributed by atoms with Crippen LogP contribution in [0, 0.1) is 11.2 Å². The van der Waals surface area contributed by atoms with Gasteiger partial charge in [0, 0.05) is 29.5 Å². The van der Waals surface area contributed by atoms with Gasteiger partial charge in [-0.05, 0) is 80.5 Å². The molecule has 0 radical (unpaired) electrons. The molecular weight excluding hydrogens is 541 g/mol. The van der Waals surface area contributed by atoms with Crippen LogP contribution >= 0.6 is 11.6 Å². The summed E-state index contributed by atoms with van der Waals surface area (Å²) < 4.78 is 27.2. The average Bonchev–Trinajstić information content (AvgIpc) is 3.45. The minimum absolute atomic E-state index is 0.111. The van der Waals surface area contributed by atoms with Crippen LogP contribution in [0.15, 0.2) is 60.7 Å². The van der Waals surface area contributed by atoms with E-state index in [1.54, 1.807) is 18.2 Å². The zero-order valence-corrected chi connectivity index (χ0v) is 24.9. The molecule has 0 aromatic heterocycles. The quantitative estimate of drug-likeness (QED) is 0.264. The highest BCUT2D eigenvalue weighted by Gasteiger charge is 2.44. The number of carbonyl (C=O) groups is 2. The van der Waals surface area contributed by atoms with Gasteiger partial charge < -0.3 is 9.47 Å². The first-order valence-electron chi connectivity index (χ1n) is 14.3. The van der Waals surface area contributed by atoms with Crippen LogP contribution in [0.4, 0.5) is 4.39 Å². The Kier molecular flexibility index (Phi) is 8.15. The summed E-state index contributed by atoms with van der Waals surface area (Å²) in [6.07, 6.45) is 3.22. The molecule has 2 aliphatic rings. The molecule has 5 rings (SSSR count). The Balaban J connectivity index is 1.29. The second-order valence-corrected chi connectivity index (χ2v) is 12.6. The van der Waals surface area contributed by atoms with Gasteiger partial charge in [0.1, 0.15) is 18.0 Å². The standard InChI is InChI=1S/C34H37ClFNO4/c1-5-34(4,32(39)37-27(12-14-30(37)38)15-22-9-7-6-8-10-22)19-23-11-13-29(28(36)16-23)40-21-25-18-26(35)17-24-20-33(2,3)41-31(24)25/h6-11,13,16-18,27H,5,12,14-15,19-21H2,1-4H3. The topological polar surface area (TPSA) is 55.8 Å². The molecule has 7 heteroatoms. The summed E-state index contributed by atoms with van der Waals surface area (Å²) in [6, 6.07) is 18.2. The highest BCUT2D eigenvalue weighted by atomic mass is 35.5. The number of imide groups is 1. The number of fused-ring (bicyclic) bond motifs is 1. The molecule has 1 saturated heterocycles. The van der Waals surface area contributed by atoms with Crippen LogP contribution in [0.1, 0.15) is 69.2 Å². The van der Waals surface area contributed by atoms with Crippen LogP contribution in [0.3, 0.4) is 0 Å². The molecule has 41 heavy (non-hydrogen) atoms. The Morgan fingerprint density at radius 2 is 1.90 bits per heavy atom. The number of halogens is 2. The molecular formula is C34H37ClFNO4. The van der Waals surface area contributed by atoms with E-state index in [4.69, 9.17) is 21.1 Å². The maximum Gasteiger partial charge on any atom is 0.235 e. The number of amides is 2. The number of rotatable bonds is 9. The summed E-state index contributed by atoms with van der Waals surface area (Å²) in [5, 5.41) is 0.588. The number of hydrogen-bond donors (Lipinski definition) is 0. The number of carbonyl (C=O) groups excluding carboxylic acids is 2. The summed E-state index contributed by atoms with van der Waals surface area (Å²) in [5.74, 6) is 0.0254. The smallest absolute Gasteiger partial charge is 0.235 e. The van der Waals surface area contributed by atoms with Gasteiger partial charge in [-0.2, -0.15) is 0 Å². The van der Waals surface area contributed by atoms with E-state index < -0.39 is 11.2 Å². The molecule has 3 aromatic rings. The van der Waals surface area contributed by atoms with Gasteiger partial charge in [-0.1, -0.05) is 61.8 Å². The summed E-state index contributed by atoms with van der Waals surface area (Å²) in [7, 11) is 0. The van der Waals surface area contributed by atoms with E-state index in [2.05, 4.69) is 0 Å². The van der Waals surface area contributed by atoms with Crippen LogP contribution < -0.4 is 9.47 Å². The molecule has 0 aliphatic carbocycles. The van der Waals surface area contributed by atoms with Crippen LogP contribution in [0.2, 0.25) is 5.02 Å². The van der Waals surface area contributed by atoms with Crippen LogP contribution in [-0.2, 0) is 35.5 Å². The molecule has 0 N–H and O–H groups in total. The molecule has 216 valence electrons. The van der Waals surface area contributed by atoms with Crippen molar-refractivity contribution in [3.63, 3.8) is 0 Å². The van der Waals surface area contributed by atoms with Gasteiger partial charge in [0.05, 0.1) is 5.41 Å². The number of benzene rings is 3. The summed E-state index contributed by atoms with van der Waals surface area (Å²) in [5.41, 5.74) is 2.37. The number of ether oxygens (including phenoxy) is 2. The van der Waals surface area contributed by atoms with Crippen LogP contribution in [0.5, 0.6) is 11.5 Å². The third-order valence-corrected chi connectivity index (χ3v) is 8.55. The van der Waals surface area contributed by atoms with Gasteiger partial charge in [0.15, 0.2) is 11.6 Å². The predicted octanol–water partition coefficient (Wildman–Crippen LogP) is 7.49. The monoisotopic (exact) mass is 577 g/mol. The summed E-state index contributed by atoms with van der Waals surface area (Å²) in [6.45, 7) is 7.94. The van der Waals surface area contributed by atoms with Gasteiger partial charge >= 0.3 is 0 Å². The Bertz CT molecular complexity index is 1460. The van der Waals surface area contributed by atoms with Gasteiger partial charge in [-0.15, -0.1) is 0 Å². The molecule has 2 unspecified atom stereocenters. The van der Waals surface area contributed by atoms with Gasteiger partial charge in [-0.3, -0.25) is 14.5 Å². The first kappa shape index (κ1) is 29.1. The Hall–Kier alpha value is -3.38. The Morgan fingerprint density at radius 3 is 2.61 bits per heavy atom. The first-order chi connectivity index (χ1) is 19.5. The highest BCUT2D eigenvalue weighted by molar-refractivity contribution is 6.30. The lowest BCUT2D eigenvalue weighted by atomic mass is 9.79. The predicted molar refractivity (Wildman–Crippen MR) is 158 cm³/mol. The summed E-state index contributed by atoms with van der Waals surface area (Å²) >= 11 is 6.32. The van der Waals surface area contributed by atoms with Crippen molar-refractivity contribution in [1.29, 1.82) is 0 Å². The fraction of sp³-hybridized carbons (Fsp3) is 0.412. The molecule has 2 aliphatic heterocycles. The second-order valence-electron chi connectivity index (χ2n) is 12.2. The van der Waals surface area contributed by atoms with Crippen molar-refractivity contribution < 1.29 is 23.5 Å². The first-order valence-corrected chi connectivity index (χ1v) is 14.7. The van der Waals surface area contributed by atoms with E-state index in [9.17, 15) is 9.59 Å². The average molecular weight is 578 g/mol. The van der Waals surface area contributed by atoms with E-state index in [1.807, 2.05) is 64.1 Å². The zero-order valence-electron chi connectivity index (χ0n) is 24.1. The van der Waals surface area contributed by atoms with E-state index in [0.717, 1.165) is 28.9 Å². The maximum atomic E-state index is 15.2. The van der Waals surface area contributed by atoms with Gasteiger partial charge in [-0.25, -0.2) is 4.39 Å². The fourth-order valence-electron chi connectivity index (χ4n) is 5.97. The molecule has 0 bridgehead atoms. The van der Waals surface area contributed by atoms with Crippen molar-refractivity contribution in [2.45, 2.75) is 84.5 Å². The molecule has 2 heterocycles. The molecule has 0 saturated carbocycles. The van der Waals surface area contributed by atoms with E-state index in [-0.39, 0.29) is 35.8 Å². The summed E-state index contributed by atoms with van der Waals surface area (Å²) in [4.78, 5) is 28.2. The van der Waals surface area contributed by atoms with Crippen molar-refractivity contribution in [1.82, 2.24) is 4.90 Å². The number of likely N-dealkylation sites (tertiary alicyclic amines) is 1. The zero-order chi connectivity index (χ0) is 29.4. The molecule has 1 fully saturated rings. The van der Waals surface area contributed by atoms with Gasteiger partial charge in [0.25, 0.3) is 0 Å². The third kappa shape index (κ3) is 6.28. The maximum absolute atomic E-state index is 15.2. The SMILES string of the molecule is CCC(C)(Cc1ccc(OCc2cc(Cl)cc3c2OC(C)(C)C3)c(F)c1)C(=O)N1C(=O)CCC1Cc1ccccc1. The van der Waals surface area contributed by atoms with Crippen molar-refractivity contribution in [3.8, 4) is 11.5 Å². The molecule has 2 amide bonds. The van der Waals surface area contributed by atoms with E-state index in [1.165, 1.54) is 11.0 Å². The minimum Gasteiger partial charge on any atom is -0.487 e. The minimum atomic E-state index is -0.852. The lowest BCUT2D eigenvalue weighted by molar-refractivity contribution is -0.151. The number of hydrogen-bond acceptors (Lipinski definition) is 4. The largest absolute Gasteiger partial charge is 0.487 e. The molecule has 5 nitrogen and oxygen atoms in total. The fourth-order valence-corrected chi connectivity index (χ4v) is 6.24. The molecule has 3 aromatic carbocycles. The number of nitrogens with zero attached hydrogens (tertiary/aromatic N) is 1. The Morgan fingerprint density at radius 1 is 1.15 bits per heavy atom. The third-order valence-electron chi connectivity index (χ3n) is 8.33. The van der Waals surface area contributed by atoms with Crippen LogP contribution in [-0.4, -0.2) is 28.4 Å². The van der Waals surface area contributed by atoms with E-state index in [0.29, 0.717) is 42.7 Å². The normalized spacial score (nSPS) is 19.0. The van der Waals surface area contributed by atoms with Crippen molar-refractivity contribution in [2.75, 3.05) is 0 Å². The van der Waals surface area contributed by atoms with Crippen molar-refractivity contribution in [3.05, 3.63) is 93.8 Å². The lowest BCUT2D eigenvalue weighted by Crippen LogP contribution is -2.48. The van der Waals surface area contributed by atoms with Gasteiger partial charge in [0.2, 0.25) is 11.8 Å². The van der Waals surface area contributed by atoms with Crippen LogP contribution in [0.25, 0.3) is 0 Å². The molecule has 2 atom stereocenters. The lowest BCUT2D eigenvalue weighted by Gasteiger charge is -2.34. The van der Waals surface area contributed by atoms with Crippen molar-refractivity contribution >= 4 is 23.4 Å². The second kappa shape index (κ2) is 11.5. The molecule has 0 spiro atoms.